The molecule has 128 valence electrons. The number of benzene rings is 2. The van der Waals surface area contributed by atoms with Crippen molar-refractivity contribution in [2.45, 2.75) is 30.9 Å². The van der Waals surface area contributed by atoms with Gasteiger partial charge in [-0.3, -0.25) is 0 Å². The molecule has 0 aromatic heterocycles. The van der Waals surface area contributed by atoms with Gasteiger partial charge in [-0.25, -0.2) is 17.9 Å². The van der Waals surface area contributed by atoms with Crippen LogP contribution in [0.4, 0.5) is 4.79 Å². The third-order valence-electron chi connectivity index (χ3n) is 3.53. The van der Waals surface area contributed by atoms with Crippen LogP contribution in [0.3, 0.4) is 0 Å². The predicted molar refractivity (Wildman–Crippen MR) is 90.9 cm³/mol. The highest BCUT2D eigenvalue weighted by atomic mass is 32.2. The molecule has 3 N–H and O–H groups in total. The first-order valence-electron chi connectivity index (χ1n) is 7.42. The molecule has 0 bridgehead atoms. The van der Waals surface area contributed by atoms with Crippen LogP contribution in [0.1, 0.15) is 24.2 Å². The van der Waals surface area contributed by atoms with Gasteiger partial charge < -0.3 is 10.4 Å². The van der Waals surface area contributed by atoms with Gasteiger partial charge in [-0.1, -0.05) is 48.0 Å². The lowest BCUT2D eigenvalue weighted by Gasteiger charge is -2.20. The van der Waals surface area contributed by atoms with E-state index in [9.17, 15) is 18.3 Å². The first kappa shape index (κ1) is 18.0. The second-order valence-electron chi connectivity index (χ2n) is 5.54. The van der Waals surface area contributed by atoms with E-state index in [1.54, 1.807) is 43.3 Å². The Bertz CT molecular complexity index is 789. The van der Waals surface area contributed by atoms with Crippen LogP contribution < -0.4 is 10.0 Å². The van der Waals surface area contributed by atoms with Crippen molar-refractivity contribution in [3.05, 3.63) is 65.7 Å². The maximum atomic E-state index is 12.1. The number of carbonyl (C=O) groups is 1. The topological polar surface area (TPSA) is 95.5 Å². The number of rotatable bonds is 5. The highest BCUT2D eigenvalue weighted by Crippen LogP contribution is 2.16. The van der Waals surface area contributed by atoms with Crippen LogP contribution in [0.5, 0.6) is 0 Å². The molecule has 2 atom stereocenters. The Morgan fingerprint density at radius 1 is 1.04 bits per heavy atom. The molecular formula is C17H20N2O4S. The maximum absolute atomic E-state index is 12.1. The Hall–Kier alpha value is -2.38. The minimum absolute atomic E-state index is 0.000453. The Kier molecular flexibility index (Phi) is 5.58. The summed E-state index contributed by atoms with van der Waals surface area (Å²) in [6, 6.07) is 13.4. The summed E-state index contributed by atoms with van der Waals surface area (Å²) in [6.45, 7) is 3.43. The summed E-state index contributed by atoms with van der Waals surface area (Å²) < 4.78 is 26.2. The third-order valence-corrected chi connectivity index (χ3v) is 4.88. The first-order valence-corrected chi connectivity index (χ1v) is 8.91. The highest BCUT2D eigenvalue weighted by Gasteiger charge is 2.22. The fraction of sp³-hybridized carbons (Fsp3) is 0.235. The van der Waals surface area contributed by atoms with Gasteiger partial charge in [0.2, 0.25) is 0 Å². The van der Waals surface area contributed by atoms with Crippen molar-refractivity contribution < 1.29 is 18.3 Å². The fourth-order valence-corrected chi connectivity index (χ4v) is 3.07. The van der Waals surface area contributed by atoms with E-state index in [1.807, 2.05) is 17.7 Å². The summed E-state index contributed by atoms with van der Waals surface area (Å²) >= 11 is 0. The lowest BCUT2D eigenvalue weighted by Crippen LogP contribution is -2.45. The van der Waals surface area contributed by atoms with Gasteiger partial charge in [0.25, 0.3) is 10.0 Å². The van der Waals surface area contributed by atoms with Gasteiger partial charge in [0, 0.05) is 0 Å². The average Bonchev–Trinajstić information content (AvgIpc) is 2.54. The summed E-state index contributed by atoms with van der Waals surface area (Å²) in [4.78, 5) is 11.9. The van der Waals surface area contributed by atoms with Crippen molar-refractivity contribution in [3.63, 3.8) is 0 Å². The number of aryl methyl sites for hydroxylation is 1. The molecular weight excluding hydrogens is 328 g/mol. The normalized spacial score (nSPS) is 13.8. The third kappa shape index (κ3) is 4.56. The molecule has 0 saturated carbocycles. The van der Waals surface area contributed by atoms with Crippen molar-refractivity contribution in [1.29, 1.82) is 0 Å². The Balaban J connectivity index is 2.00. The average molecular weight is 348 g/mol. The molecule has 2 unspecified atom stereocenters. The second-order valence-corrected chi connectivity index (χ2v) is 7.22. The summed E-state index contributed by atoms with van der Waals surface area (Å²) in [6.07, 6.45) is -0.945. The molecule has 2 aromatic carbocycles. The number of hydrogen-bond donors (Lipinski definition) is 3. The lowest BCUT2D eigenvalue weighted by atomic mass is 10.0. The molecule has 7 heteroatoms. The molecule has 0 fully saturated rings. The monoisotopic (exact) mass is 348 g/mol. The smallest absolute Gasteiger partial charge is 0.329 e. The van der Waals surface area contributed by atoms with E-state index in [-0.39, 0.29) is 4.90 Å². The number of carbonyl (C=O) groups excluding carboxylic acids is 1. The summed E-state index contributed by atoms with van der Waals surface area (Å²) in [7, 11) is -3.96. The second kappa shape index (κ2) is 7.46. The SMILES string of the molecule is Cc1ccc(S(=O)(=O)NC(=O)NC(C)C(O)c2ccccc2)cc1. The van der Waals surface area contributed by atoms with Crippen LogP contribution in [-0.2, 0) is 10.0 Å². The number of aliphatic hydroxyl groups excluding tert-OH is 1. The van der Waals surface area contributed by atoms with Crippen molar-refractivity contribution in [1.82, 2.24) is 10.0 Å². The molecule has 0 aliphatic carbocycles. The quantitative estimate of drug-likeness (QED) is 0.771. The Labute approximate surface area is 141 Å². The number of amides is 2. The molecule has 2 aromatic rings. The van der Waals surface area contributed by atoms with E-state index < -0.39 is 28.2 Å². The van der Waals surface area contributed by atoms with E-state index in [4.69, 9.17) is 0 Å². The van der Waals surface area contributed by atoms with E-state index in [0.717, 1.165) is 5.56 Å². The molecule has 2 amide bonds. The molecule has 0 saturated heterocycles. The van der Waals surface area contributed by atoms with Gasteiger partial charge in [0.1, 0.15) is 0 Å². The van der Waals surface area contributed by atoms with Gasteiger partial charge in [-0.05, 0) is 31.5 Å². The number of nitrogens with one attached hydrogen (secondary N) is 2. The summed E-state index contributed by atoms with van der Waals surface area (Å²) in [5.41, 5.74) is 1.55. The zero-order valence-electron chi connectivity index (χ0n) is 13.4. The molecule has 6 nitrogen and oxygen atoms in total. The van der Waals surface area contributed by atoms with Gasteiger partial charge in [0.15, 0.2) is 0 Å². The van der Waals surface area contributed by atoms with Gasteiger partial charge in [0.05, 0.1) is 17.0 Å². The Morgan fingerprint density at radius 2 is 1.62 bits per heavy atom. The van der Waals surface area contributed by atoms with E-state index in [2.05, 4.69) is 5.32 Å². The zero-order valence-corrected chi connectivity index (χ0v) is 14.2. The number of hydrogen-bond acceptors (Lipinski definition) is 4. The van der Waals surface area contributed by atoms with Crippen LogP contribution in [0.25, 0.3) is 0 Å². The van der Waals surface area contributed by atoms with Crippen LogP contribution in [-0.4, -0.2) is 25.6 Å². The number of aliphatic hydroxyl groups is 1. The zero-order chi connectivity index (χ0) is 17.7. The molecule has 0 radical (unpaired) electrons. The minimum Gasteiger partial charge on any atom is -0.386 e. The van der Waals surface area contributed by atoms with E-state index >= 15 is 0 Å². The molecule has 0 heterocycles. The molecule has 24 heavy (non-hydrogen) atoms. The van der Waals surface area contributed by atoms with E-state index in [1.165, 1.54) is 12.1 Å². The van der Waals surface area contributed by atoms with Crippen molar-refractivity contribution >= 4 is 16.1 Å². The Morgan fingerprint density at radius 3 is 2.21 bits per heavy atom. The molecule has 0 spiro atoms. The predicted octanol–water partition coefficient (Wildman–Crippen LogP) is 2.11. The molecule has 2 rings (SSSR count). The number of urea groups is 1. The van der Waals surface area contributed by atoms with Gasteiger partial charge in [-0.15, -0.1) is 0 Å². The number of sulfonamides is 1. The van der Waals surface area contributed by atoms with Crippen molar-refractivity contribution in [2.24, 2.45) is 0 Å². The molecule has 0 aliphatic rings. The van der Waals surface area contributed by atoms with Crippen molar-refractivity contribution in [2.75, 3.05) is 0 Å². The maximum Gasteiger partial charge on any atom is 0.329 e. The highest BCUT2D eigenvalue weighted by molar-refractivity contribution is 7.90. The van der Waals surface area contributed by atoms with E-state index in [0.29, 0.717) is 5.56 Å². The minimum atomic E-state index is -3.96. The first-order chi connectivity index (χ1) is 11.3. The van der Waals surface area contributed by atoms with Crippen molar-refractivity contribution in [3.8, 4) is 0 Å². The largest absolute Gasteiger partial charge is 0.386 e. The van der Waals surface area contributed by atoms with Gasteiger partial charge in [-0.2, -0.15) is 0 Å². The molecule has 0 aliphatic heterocycles. The van der Waals surface area contributed by atoms with Crippen LogP contribution >= 0.6 is 0 Å². The van der Waals surface area contributed by atoms with Gasteiger partial charge >= 0.3 is 6.03 Å². The van der Waals surface area contributed by atoms with Crippen LogP contribution in [0, 0.1) is 6.92 Å². The standard InChI is InChI=1S/C17H20N2O4S/c1-12-8-10-15(11-9-12)24(22,23)19-17(21)18-13(2)16(20)14-6-4-3-5-7-14/h3-11,13,16,20H,1-2H3,(H2,18,19,21). The fourth-order valence-electron chi connectivity index (χ4n) is 2.15. The summed E-state index contributed by atoms with van der Waals surface area (Å²) in [5.74, 6) is 0. The summed E-state index contributed by atoms with van der Waals surface area (Å²) in [5, 5.41) is 12.6. The van der Waals surface area contributed by atoms with Crippen LogP contribution in [0.2, 0.25) is 0 Å². The lowest BCUT2D eigenvalue weighted by molar-refractivity contribution is 0.138. The van der Waals surface area contributed by atoms with Crippen LogP contribution in [0.15, 0.2) is 59.5 Å².